The van der Waals surface area contributed by atoms with Crippen LogP contribution in [0.25, 0.3) is 0 Å². The molecule has 0 aromatic heterocycles. The Kier molecular flexibility index (Phi) is 5.78. The maximum Gasteiger partial charge on any atom is 0.513 e. The molecule has 19 heavy (non-hydrogen) atoms. The number of carbonyl (C=O) groups is 1. The van der Waals surface area contributed by atoms with Gasteiger partial charge in [0.15, 0.2) is 0 Å². The molecule has 0 amide bonds. The fraction of sp³-hybridized carbons (Fsp3) is 0.462. The van der Waals surface area contributed by atoms with Gasteiger partial charge in [0.05, 0.1) is 11.5 Å². The highest BCUT2D eigenvalue weighted by molar-refractivity contribution is 5.63. The Morgan fingerprint density at radius 3 is 2.47 bits per heavy atom. The topological polar surface area (TPSA) is 78.7 Å². The second kappa shape index (κ2) is 7.35. The molecule has 104 valence electrons. The Balaban J connectivity index is 2.34. The minimum Gasteiger partial charge on any atom is -0.434 e. The van der Waals surface area contributed by atoms with E-state index in [0.29, 0.717) is 12.5 Å². The molecule has 0 atom stereocenters. The molecule has 1 rings (SSSR count). The third-order valence-electron chi connectivity index (χ3n) is 2.39. The van der Waals surface area contributed by atoms with Crippen molar-refractivity contribution in [3.05, 3.63) is 34.4 Å². The number of rotatable bonds is 6. The molecule has 0 aliphatic rings. The molecule has 1 aromatic rings. The molecule has 0 saturated carbocycles. The smallest absolute Gasteiger partial charge is 0.434 e. The number of nitro benzene ring substituents is 1. The van der Waals surface area contributed by atoms with E-state index < -0.39 is 11.1 Å². The van der Waals surface area contributed by atoms with Crippen molar-refractivity contribution in [2.45, 2.75) is 26.7 Å². The zero-order chi connectivity index (χ0) is 14.3. The van der Waals surface area contributed by atoms with Crippen molar-refractivity contribution in [3.8, 4) is 5.75 Å². The van der Waals surface area contributed by atoms with Gasteiger partial charge >= 0.3 is 6.16 Å². The van der Waals surface area contributed by atoms with Gasteiger partial charge in [-0.05, 0) is 30.9 Å². The van der Waals surface area contributed by atoms with Gasteiger partial charge in [0.1, 0.15) is 5.75 Å². The van der Waals surface area contributed by atoms with Crippen LogP contribution >= 0.6 is 0 Å². The van der Waals surface area contributed by atoms with Crippen molar-refractivity contribution in [2.24, 2.45) is 5.92 Å². The molecule has 0 bridgehead atoms. The highest BCUT2D eigenvalue weighted by atomic mass is 16.7. The largest absolute Gasteiger partial charge is 0.513 e. The summed E-state index contributed by atoms with van der Waals surface area (Å²) in [6.45, 7) is 4.49. The van der Waals surface area contributed by atoms with E-state index in [-0.39, 0.29) is 11.4 Å². The van der Waals surface area contributed by atoms with E-state index in [9.17, 15) is 14.9 Å². The number of nitrogens with zero attached hydrogens (tertiary/aromatic N) is 1. The van der Waals surface area contributed by atoms with E-state index in [2.05, 4.69) is 13.8 Å². The van der Waals surface area contributed by atoms with E-state index in [1.807, 2.05) is 0 Å². The van der Waals surface area contributed by atoms with Crippen molar-refractivity contribution < 1.29 is 19.2 Å². The predicted molar refractivity (Wildman–Crippen MR) is 69.1 cm³/mol. The number of hydrogen-bond donors (Lipinski definition) is 0. The summed E-state index contributed by atoms with van der Waals surface area (Å²) < 4.78 is 9.75. The third-order valence-corrected chi connectivity index (χ3v) is 2.39. The predicted octanol–water partition coefficient (Wildman–Crippen LogP) is 3.55. The maximum atomic E-state index is 11.3. The van der Waals surface area contributed by atoms with Gasteiger partial charge in [0, 0.05) is 12.1 Å². The SMILES string of the molecule is CC(C)CCCOC(=O)Oc1ccc([N+](=O)[O-])cc1. The summed E-state index contributed by atoms with van der Waals surface area (Å²) in [7, 11) is 0. The molecule has 0 aliphatic heterocycles. The quantitative estimate of drug-likeness (QED) is 0.259. The maximum absolute atomic E-state index is 11.3. The number of ether oxygens (including phenoxy) is 2. The molecule has 1 aromatic carbocycles. The second-order valence-corrected chi connectivity index (χ2v) is 4.49. The van der Waals surface area contributed by atoms with Crippen LogP contribution in [0.1, 0.15) is 26.7 Å². The van der Waals surface area contributed by atoms with Crippen LogP contribution in [0.5, 0.6) is 5.75 Å². The molecule has 0 heterocycles. The van der Waals surface area contributed by atoms with Crippen LogP contribution < -0.4 is 4.74 Å². The van der Waals surface area contributed by atoms with E-state index in [0.717, 1.165) is 12.8 Å². The van der Waals surface area contributed by atoms with Crippen LogP contribution in [0.3, 0.4) is 0 Å². The molecule has 0 saturated heterocycles. The standard InChI is InChI=1S/C13H17NO5/c1-10(2)4-3-9-18-13(15)19-12-7-5-11(6-8-12)14(16)17/h5-8,10H,3-4,9H2,1-2H3. The lowest BCUT2D eigenvalue weighted by Crippen LogP contribution is -2.11. The average molecular weight is 267 g/mol. The van der Waals surface area contributed by atoms with Gasteiger partial charge in [-0.1, -0.05) is 13.8 Å². The molecule has 0 N–H and O–H groups in total. The van der Waals surface area contributed by atoms with Gasteiger partial charge in [0.25, 0.3) is 5.69 Å². The molecule has 6 heteroatoms. The van der Waals surface area contributed by atoms with E-state index >= 15 is 0 Å². The number of hydrogen-bond acceptors (Lipinski definition) is 5. The van der Waals surface area contributed by atoms with Crippen molar-refractivity contribution in [1.82, 2.24) is 0 Å². The summed E-state index contributed by atoms with van der Waals surface area (Å²) in [5.74, 6) is 0.786. The summed E-state index contributed by atoms with van der Waals surface area (Å²) >= 11 is 0. The minimum atomic E-state index is -0.794. The Hall–Kier alpha value is -2.11. The molecule has 0 spiro atoms. The van der Waals surface area contributed by atoms with Gasteiger partial charge in [-0.3, -0.25) is 10.1 Å². The van der Waals surface area contributed by atoms with Gasteiger partial charge < -0.3 is 9.47 Å². The lowest BCUT2D eigenvalue weighted by atomic mass is 10.1. The molecule has 0 radical (unpaired) electrons. The fourth-order valence-corrected chi connectivity index (χ4v) is 1.41. The van der Waals surface area contributed by atoms with Crippen LogP contribution in [0.4, 0.5) is 10.5 Å². The summed E-state index contributed by atoms with van der Waals surface area (Å²) in [6, 6.07) is 5.24. The van der Waals surface area contributed by atoms with E-state index in [4.69, 9.17) is 9.47 Å². The second-order valence-electron chi connectivity index (χ2n) is 4.49. The Morgan fingerprint density at radius 1 is 1.32 bits per heavy atom. The van der Waals surface area contributed by atoms with Crippen molar-refractivity contribution in [1.29, 1.82) is 0 Å². The monoisotopic (exact) mass is 267 g/mol. The van der Waals surface area contributed by atoms with Gasteiger partial charge in [-0.15, -0.1) is 0 Å². The molecule has 6 nitrogen and oxygen atoms in total. The summed E-state index contributed by atoms with van der Waals surface area (Å²) in [6.07, 6.45) is 0.968. The Bertz CT molecular complexity index is 427. The summed E-state index contributed by atoms with van der Waals surface area (Å²) in [4.78, 5) is 21.2. The first kappa shape index (κ1) is 14.9. The lowest BCUT2D eigenvalue weighted by molar-refractivity contribution is -0.384. The first-order valence-corrected chi connectivity index (χ1v) is 6.08. The zero-order valence-corrected chi connectivity index (χ0v) is 11.0. The van der Waals surface area contributed by atoms with Gasteiger partial charge in [-0.2, -0.15) is 0 Å². The average Bonchev–Trinajstić information content (AvgIpc) is 2.35. The zero-order valence-electron chi connectivity index (χ0n) is 11.0. The third kappa shape index (κ3) is 5.85. The van der Waals surface area contributed by atoms with Crippen molar-refractivity contribution in [2.75, 3.05) is 6.61 Å². The van der Waals surface area contributed by atoms with Crippen molar-refractivity contribution in [3.63, 3.8) is 0 Å². The minimum absolute atomic E-state index is 0.0577. The number of carbonyl (C=O) groups excluding carboxylic acids is 1. The van der Waals surface area contributed by atoms with Crippen LogP contribution in [-0.2, 0) is 4.74 Å². The van der Waals surface area contributed by atoms with Crippen LogP contribution in [-0.4, -0.2) is 17.7 Å². The highest BCUT2D eigenvalue weighted by Gasteiger charge is 2.09. The van der Waals surface area contributed by atoms with Gasteiger partial charge in [-0.25, -0.2) is 4.79 Å². The number of benzene rings is 1. The first-order valence-electron chi connectivity index (χ1n) is 6.08. The molecule has 0 fully saturated rings. The lowest BCUT2D eigenvalue weighted by Gasteiger charge is -2.06. The molecular formula is C13H17NO5. The van der Waals surface area contributed by atoms with E-state index in [1.165, 1.54) is 24.3 Å². The van der Waals surface area contributed by atoms with E-state index in [1.54, 1.807) is 0 Å². The molecule has 0 aliphatic carbocycles. The van der Waals surface area contributed by atoms with Gasteiger partial charge in [0.2, 0.25) is 0 Å². The fourth-order valence-electron chi connectivity index (χ4n) is 1.41. The number of nitro groups is 1. The highest BCUT2D eigenvalue weighted by Crippen LogP contribution is 2.17. The summed E-state index contributed by atoms with van der Waals surface area (Å²) in [5, 5.41) is 10.4. The first-order chi connectivity index (χ1) is 8.99. The van der Waals surface area contributed by atoms with Crippen LogP contribution in [0, 0.1) is 16.0 Å². The molecule has 0 unspecified atom stereocenters. The number of non-ortho nitro benzene ring substituents is 1. The summed E-state index contributed by atoms with van der Waals surface area (Å²) in [5.41, 5.74) is -0.0577. The van der Waals surface area contributed by atoms with Crippen LogP contribution in [0.15, 0.2) is 24.3 Å². The van der Waals surface area contributed by atoms with Crippen LogP contribution in [0.2, 0.25) is 0 Å². The normalized spacial score (nSPS) is 10.3. The Morgan fingerprint density at radius 2 is 1.95 bits per heavy atom. The Labute approximate surface area is 111 Å². The molecular weight excluding hydrogens is 250 g/mol. The van der Waals surface area contributed by atoms with Crippen molar-refractivity contribution >= 4 is 11.8 Å².